The van der Waals surface area contributed by atoms with Gasteiger partial charge in [0.15, 0.2) is 0 Å². The van der Waals surface area contributed by atoms with Crippen molar-refractivity contribution in [2.75, 3.05) is 4.90 Å². The monoisotopic (exact) mass is 701 g/mol. The van der Waals surface area contributed by atoms with Crippen molar-refractivity contribution in [1.82, 2.24) is 0 Å². The number of hydrogen-bond acceptors (Lipinski definition) is 1. The highest BCUT2D eigenvalue weighted by Crippen LogP contribution is 2.42. The van der Waals surface area contributed by atoms with E-state index in [2.05, 4.69) is 241 Å². The van der Waals surface area contributed by atoms with Crippen LogP contribution in [0, 0.1) is 0 Å². The summed E-state index contributed by atoms with van der Waals surface area (Å²) in [5, 5.41) is 0. The Morgan fingerprint density at radius 1 is 0.182 bits per heavy atom. The number of rotatable bonds is 9. The van der Waals surface area contributed by atoms with Gasteiger partial charge in [0.25, 0.3) is 0 Å². The van der Waals surface area contributed by atoms with Crippen LogP contribution in [0.5, 0.6) is 0 Å². The first-order chi connectivity index (χ1) is 27.3. The lowest BCUT2D eigenvalue weighted by Gasteiger charge is -2.27. The number of benzene rings is 9. The molecule has 0 aliphatic rings. The van der Waals surface area contributed by atoms with Gasteiger partial charge in [-0.1, -0.05) is 200 Å². The van der Waals surface area contributed by atoms with Gasteiger partial charge in [0.05, 0.1) is 0 Å². The predicted molar refractivity (Wildman–Crippen MR) is 234 cm³/mol. The average molecular weight is 702 g/mol. The van der Waals surface area contributed by atoms with Gasteiger partial charge in [-0.2, -0.15) is 0 Å². The van der Waals surface area contributed by atoms with Crippen LogP contribution in [0.2, 0.25) is 0 Å². The second-order valence-corrected chi connectivity index (χ2v) is 13.8. The maximum absolute atomic E-state index is 2.37. The van der Waals surface area contributed by atoms with E-state index in [1.54, 1.807) is 0 Å². The molecule has 0 aliphatic heterocycles. The van der Waals surface area contributed by atoms with Crippen molar-refractivity contribution in [2.24, 2.45) is 0 Å². The molecule has 9 aromatic carbocycles. The Balaban J connectivity index is 1.12. The molecule has 0 atom stereocenters. The molecule has 0 spiro atoms. The quantitative estimate of drug-likeness (QED) is 0.145. The van der Waals surface area contributed by atoms with Crippen molar-refractivity contribution in [3.05, 3.63) is 237 Å². The molecule has 9 aromatic rings. The zero-order chi connectivity index (χ0) is 36.8. The van der Waals surface area contributed by atoms with Crippen LogP contribution in [0.25, 0.3) is 66.8 Å². The fourth-order valence-electron chi connectivity index (χ4n) is 7.42. The van der Waals surface area contributed by atoms with Crippen LogP contribution in [0.1, 0.15) is 0 Å². The summed E-state index contributed by atoms with van der Waals surface area (Å²) in [6.07, 6.45) is 0. The molecule has 0 fully saturated rings. The summed E-state index contributed by atoms with van der Waals surface area (Å²) in [4.78, 5) is 2.37. The number of hydrogen-bond donors (Lipinski definition) is 0. The third-order valence-corrected chi connectivity index (χ3v) is 10.3. The first kappa shape index (κ1) is 33.6. The molecule has 0 N–H and O–H groups in total. The average Bonchev–Trinajstić information content (AvgIpc) is 3.28. The third kappa shape index (κ3) is 7.25. The van der Waals surface area contributed by atoms with Crippen LogP contribution in [0.4, 0.5) is 17.1 Å². The summed E-state index contributed by atoms with van der Waals surface area (Å²) in [7, 11) is 0. The van der Waals surface area contributed by atoms with Gasteiger partial charge in [0, 0.05) is 17.1 Å². The summed E-state index contributed by atoms with van der Waals surface area (Å²) < 4.78 is 0. The van der Waals surface area contributed by atoms with E-state index in [0.717, 1.165) is 17.1 Å². The highest BCUT2D eigenvalue weighted by molar-refractivity contribution is 5.90. The molecule has 0 aliphatic carbocycles. The maximum Gasteiger partial charge on any atom is 0.0468 e. The molecule has 9 rings (SSSR count). The Labute approximate surface area is 324 Å². The van der Waals surface area contributed by atoms with Crippen molar-refractivity contribution in [3.63, 3.8) is 0 Å². The Kier molecular flexibility index (Phi) is 9.41. The molecule has 260 valence electrons. The molecule has 0 unspecified atom stereocenters. The number of nitrogens with zero attached hydrogens (tertiary/aromatic N) is 1. The van der Waals surface area contributed by atoms with Gasteiger partial charge in [0.2, 0.25) is 0 Å². The molecule has 0 heterocycles. The Hall–Kier alpha value is -7.22. The lowest BCUT2D eigenvalue weighted by Crippen LogP contribution is -2.10. The SMILES string of the molecule is c1ccc(-c2ccc(-c3ccc(N(c4ccc(-c5ccccc5)cc4)c4ccc(-c5ccc(-c6ccccc6)cc5)c(-c5ccccc5)c4)cc3)cc2)cc1. The van der Waals surface area contributed by atoms with Crippen LogP contribution in [-0.4, -0.2) is 0 Å². The first-order valence-corrected chi connectivity index (χ1v) is 18.8. The van der Waals surface area contributed by atoms with E-state index in [9.17, 15) is 0 Å². The Morgan fingerprint density at radius 3 is 0.800 bits per heavy atom. The Morgan fingerprint density at radius 2 is 0.436 bits per heavy atom. The normalized spacial score (nSPS) is 10.9. The standard InChI is InChI=1S/C54H39N/c1-5-13-40(14-6-1)43-21-23-45(24-22-43)47-31-35-51(36-32-47)55(50-33-29-46(30-34-50)42-17-9-3-10-18-42)52-37-38-53(54(39-52)48-19-11-4-12-20-48)49-27-25-44(26-28-49)41-15-7-2-8-16-41/h1-39H. The van der Waals surface area contributed by atoms with Crippen molar-refractivity contribution in [2.45, 2.75) is 0 Å². The molecular formula is C54H39N. The van der Waals surface area contributed by atoms with E-state index in [0.29, 0.717) is 0 Å². The summed E-state index contributed by atoms with van der Waals surface area (Å²) in [6, 6.07) is 85.0. The molecule has 1 nitrogen and oxygen atoms in total. The first-order valence-electron chi connectivity index (χ1n) is 18.8. The van der Waals surface area contributed by atoms with Gasteiger partial charge in [-0.15, -0.1) is 0 Å². The summed E-state index contributed by atoms with van der Waals surface area (Å²) in [5.74, 6) is 0. The fourth-order valence-corrected chi connectivity index (χ4v) is 7.42. The second kappa shape index (κ2) is 15.4. The maximum atomic E-state index is 2.37. The van der Waals surface area contributed by atoms with Crippen LogP contribution >= 0.6 is 0 Å². The molecule has 1 heteroatoms. The van der Waals surface area contributed by atoms with E-state index < -0.39 is 0 Å². The van der Waals surface area contributed by atoms with Crippen molar-refractivity contribution in [1.29, 1.82) is 0 Å². The molecular weight excluding hydrogens is 663 g/mol. The van der Waals surface area contributed by atoms with Crippen LogP contribution < -0.4 is 4.90 Å². The van der Waals surface area contributed by atoms with Crippen LogP contribution in [0.3, 0.4) is 0 Å². The third-order valence-electron chi connectivity index (χ3n) is 10.3. The molecule has 0 amide bonds. The van der Waals surface area contributed by atoms with Gasteiger partial charge in [-0.25, -0.2) is 0 Å². The largest absolute Gasteiger partial charge is 0.310 e. The highest BCUT2D eigenvalue weighted by atomic mass is 15.1. The minimum Gasteiger partial charge on any atom is -0.310 e. The minimum atomic E-state index is 1.09. The van der Waals surface area contributed by atoms with E-state index in [4.69, 9.17) is 0 Å². The van der Waals surface area contributed by atoms with Gasteiger partial charge in [-0.05, 0) is 103 Å². The van der Waals surface area contributed by atoms with Gasteiger partial charge in [0.1, 0.15) is 0 Å². The van der Waals surface area contributed by atoms with Crippen molar-refractivity contribution < 1.29 is 0 Å². The van der Waals surface area contributed by atoms with Gasteiger partial charge < -0.3 is 4.90 Å². The van der Waals surface area contributed by atoms with E-state index in [-0.39, 0.29) is 0 Å². The Bertz CT molecular complexity index is 2610. The molecule has 0 bridgehead atoms. The van der Waals surface area contributed by atoms with Crippen molar-refractivity contribution >= 4 is 17.1 Å². The minimum absolute atomic E-state index is 1.09. The van der Waals surface area contributed by atoms with Crippen LogP contribution in [0.15, 0.2) is 237 Å². The van der Waals surface area contributed by atoms with E-state index >= 15 is 0 Å². The topological polar surface area (TPSA) is 3.24 Å². The summed E-state index contributed by atoms with van der Waals surface area (Å²) in [6.45, 7) is 0. The predicted octanol–water partition coefficient (Wildman–Crippen LogP) is 15.2. The van der Waals surface area contributed by atoms with Crippen LogP contribution in [-0.2, 0) is 0 Å². The van der Waals surface area contributed by atoms with Gasteiger partial charge in [-0.3, -0.25) is 0 Å². The second-order valence-electron chi connectivity index (χ2n) is 13.8. The fraction of sp³-hybridized carbons (Fsp3) is 0. The summed E-state index contributed by atoms with van der Waals surface area (Å²) >= 11 is 0. The lowest BCUT2D eigenvalue weighted by molar-refractivity contribution is 1.28. The highest BCUT2D eigenvalue weighted by Gasteiger charge is 2.17. The van der Waals surface area contributed by atoms with Gasteiger partial charge >= 0.3 is 0 Å². The smallest absolute Gasteiger partial charge is 0.0468 e. The van der Waals surface area contributed by atoms with Crippen molar-refractivity contribution in [3.8, 4) is 66.8 Å². The summed E-state index contributed by atoms with van der Waals surface area (Å²) in [5.41, 5.74) is 17.7. The zero-order valence-corrected chi connectivity index (χ0v) is 30.5. The van der Waals surface area contributed by atoms with E-state index in [1.165, 1.54) is 66.8 Å². The molecule has 0 radical (unpaired) electrons. The lowest BCUT2D eigenvalue weighted by atomic mass is 9.92. The molecule has 55 heavy (non-hydrogen) atoms. The molecule has 0 saturated heterocycles. The molecule has 0 saturated carbocycles. The zero-order valence-electron chi connectivity index (χ0n) is 30.5. The number of anilines is 3. The molecule has 0 aromatic heterocycles. The van der Waals surface area contributed by atoms with E-state index in [1.807, 2.05) is 0 Å².